The van der Waals surface area contributed by atoms with E-state index in [1.165, 1.54) is 17.4 Å². The first-order valence-electron chi connectivity index (χ1n) is 11.8. The molecule has 0 radical (unpaired) electrons. The van der Waals surface area contributed by atoms with Gasteiger partial charge in [-0.25, -0.2) is 9.18 Å². The third-order valence-electron chi connectivity index (χ3n) is 7.05. The Bertz CT molecular complexity index is 1270. The molecule has 5 rings (SSSR count). The zero-order chi connectivity index (χ0) is 25.6. The molecule has 1 unspecified atom stereocenters. The number of benzene rings is 1. The second-order valence-electron chi connectivity index (χ2n) is 9.33. The average molecular weight is 518 g/mol. The van der Waals surface area contributed by atoms with E-state index in [2.05, 4.69) is 15.7 Å². The lowest BCUT2D eigenvalue weighted by atomic mass is 9.83. The molecule has 2 fully saturated rings. The van der Waals surface area contributed by atoms with Crippen molar-refractivity contribution in [1.29, 1.82) is 0 Å². The van der Waals surface area contributed by atoms with E-state index in [4.69, 9.17) is 16.3 Å². The predicted octanol–water partition coefficient (Wildman–Crippen LogP) is 2.67. The van der Waals surface area contributed by atoms with Gasteiger partial charge in [-0.15, -0.1) is 0 Å². The highest BCUT2D eigenvalue weighted by Crippen LogP contribution is 2.37. The molecule has 0 bridgehead atoms. The zero-order valence-corrected chi connectivity index (χ0v) is 20.4. The Morgan fingerprint density at radius 3 is 2.75 bits per heavy atom. The third-order valence-corrected chi connectivity index (χ3v) is 7.38. The van der Waals surface area contributed by atoms with Gasteiger partial charge in [0.25, 0.3) is 5.91 Å². The molecule has 36 heavy (non-hydrogen) atoms. The number of hydrogen-bond donors (Lipinski definition) is 2. The van der Waals surface area contributed by atoms with Crippen molar-refractivity contribution in [2.24, 2.45) is 7.05 Å². The monoisotopic (exact) mass is 517 g/mol. The minimum absolute atomic E-state index is 0.0132. The lowest BCUT2D eigenvalue weighted by Gasteiger charge is -2.29. The zero-order valence-electron chi connectivity index (χ0n) is 19.6. The van der Waals surface area contributed by atoms with E-state index in [-0.39, 0.29) is 54.3 Å². The fourth-order valence-corrected chi connectivity index (χ4v) is 5.18. The Labute approximate surface area is 211 Å². The highest BCUT2D eigenvalue weighted by Gasteiger charge is 2.42. The van der Waals surface area contributed by atoms with Crippen molar-refractivity contribution in [3.05, 3.63) is 51.1 Å². The first-order valence-corrected chi connectivity index (χ1v) is 12.2. The number of aryl methyl sites for hydroxylation is 1. The van der Waals surface area contributed by atoms with Gasteiger partial charge in [0.05, 0.1) is 5.56 Å². The van der Waals surface area contributed by atoms with Crippen LogP contribution in [0.5, 0.6) is 0 Å². The normalized spacial score (nSPS) is 19.7. The number of carbonyl (C=O) groups excluding carboxylic acids is 4. The van der Waals surface area contributed by atoms with Gasteiger partial charge in [-0.2, -0.15) is 5.10 Å². The first kappa shape index (κ1) is 24.2. The number of carbonyl (C=O) groups is 4. The van der Waals surface area contributed by atoms with Crippen molar-refractivity contribution < 1.29 is 28.3 Å². The summed E-state index contributed by atoms with van der Waals surface area (Å²) in [5.74, 6) is -2.01. The van der Waals surface area contributed by atoms with Gasteiger partial charge in [-0.1, -0.05) is 18.0 Å². The van der Waals surface area contributed by atoms with E-state index >= 15 is 4.39 Å². The number of alkyl carbamates (subject to hydrolysis) is 1. The van der Waals surface area contributed by atoms with Gasteiger partial charge in [-0.05, 0) is 31.4 Å². The number of rotatable bonds is 6. The summed E-state index contributed by atoms with van der Waals surface area (Å²) in [5, 5.41) is 9.20. The summed E-state index contributed by atoms with van der Waals surface area (Å²) in [4.78, 5) is 50.1. The predicted molar refractivity (Wildman–Crippen MR) is 124 cm³/mol. The largest absolute Gasteiger partial charge is 0.443 e. The molecule has 1 aromatic carbocycles. The first-order chi connectivity index (χ1) is 17.2. The number of nitrogens with one attached hydrogen (secondary N) is 2. The topological polar surface area (TPSA) is 123 Å². The van der Waals surface area contributed by atoms with E-state index < -0.39 is 35.7 Å². The Morgan fingerprint density at radius 2 is 2.06 bits per heavy atom. The second-order valence-corrected chi connectivity index (χ2v) is 9.73. The SMILES string of the molecule is Cn1nc(COC(=O)NCc2cc(Cl)c3c(c2F)C(=O)N(C2CCC(=O)NC2=O)C3)cc1C1CCC1. The van der Waals surface area contributed by atoms with E-state index in [9.17, 15) is 19.2 Å². The van der Waals surface area contributed by atoms with Crippen LogP contribution in [0.15, 0.2) is 12.1 Å². The van der Waals surface area contributed by atoms with Crippen molar-refractivity contribution in [1.82, 2.24) is 25.3 Å². The molecule has 3 heterocycles. The summed E-state index contributed by atoms with van der Waals surface area (Å²) in [7, 11) is 1.86. The number of fused-ring (bicyclic) bond motifs is 1. The quantitative estimate of drug-likeness (QED) is 0.568. The maximum absolute atomic E-state index is 15.3. The number of aromatic nitrogens is 2. The standard InChI is InChI=1S/C24H25ClFN5O5/c1-30-18(12-3-2-4-12)8-14(29-30)11-36-24(35)27-9-13-7-16(25)15-10-31(23(34)20(15)21(13)26)17-5-6-19(32)28-22(17)33/h7-8,12,17H,2-6,9-11H2,1H3,(H,27,35)(H,28,32,33). The Kier molecular flexibility index (Phi) is 6.42. The van der Waals surface area contributed by atoms with Crippen LogP contribution in [0.2, 0.25) is 5.02 Å². The van der Waals surface area contributed by atoms with Gasteiger partial charge in [0, 0.05) is 54.3 Å². The minimum Gasteiger partial charge on any atom is -0.443 e. The summed E-state index contributed by atoms with van der Waals surface area (Å²) in [6.45, 7) is -0.322. The second kappa shape index (κ2) is 9.53. The number of halogens is 2. The van der Waals surface area contributed by atoms with E-state index in [0.717, 1.165) is 18.5 Å². The smallest absolute Gasteiger partial charge is 0.407 e. The fraction of sp³-hybridized carbons (Fsp3) is 0.458. The van der Waals surface area contributed by atoms with Gasteiger partial charge in [-0.3, -0.25) is 24.4 Å². The molecular formula is C24H25ClFN5O5. The van der Waals surface area contributed by atoms with Crippen LogP contribution in [-0.4, -0.2) is 44.5 Å². The van der Waals surface area contributed by atoms with Gasteiger partial charge in [0.1, 0.15) is 24.2 Å². The van der Waals surface area contributed by atoms with Gasteiger partial charge in [0.2, 0.25) is 11.8 Å². The number of nitrogens with zero attached hydrogens (tertiary/aromatic N) is 3. The van der Waals surface area contributed by atoms with Crippen LogP contribution < -0.4 is 10.6 Å². The van der Waals surface area contributed by atoms with Crippen LogP contribution in [0.25, 0.3) is 0 Å². The molecule has 4 amide bonds. The van der Waals surface area contributed by atoms with Crippen LogP contribution in [0, 0.1) is 5.82 Å². The molecule has 1 aliphatic carbocycles. The van der Waals surface area contributed by atoms with Crippen molar-refractivity contribution in [2.75, 3.05) is 0 Å². The molecule has 10 nitrogen and oxygen atoms in total. The molecule has 2 aromatic rings. The minimum atomic E-state index is -0.883. The molecule has 3 aliphatic rings. The maximum Gasteiger partial charge on any atom is 0.407 e. The summed E-state index contributed by atoms with van der Waals surface area (Å²) in [5.41, 5.74) is 1.80. The number of ether oxygens (including phenoxy) is 1. The van der Waals surface area contributed by atoms with Crippen LogP contribution in [-0.2, 0) is 41.1 Å². The van der Waals surface area contributed by atoms with Crippen molar-refractivity contribution in [3.63, 3.8) is 0 Å². The lowest BCUT2D eigenvalue weighted by Crippen LogP contribution is -2.52. The number of amides is 4. The molecule has 190 valence electrons. The molecule has 1 aromatic heterocycles. The highest BCUT2D eigenvalue weighted by atomic mass is 35.5. The molecule has 1 atom stereocenters. The van der Waals surface area contributed by atoms with Crippen molar-refractivity contribution in [3.8, 4) is 0 Å². The van der Waals surface area contributed by atoms with Crippen LogP contribution in [0.1, 0.15) is 70.9 Å². The molecule has 2 N–H and O–H groups in total. The van der Waals surface area contributed by atoms with Crippen molar-refractivity contribution >= 4 is 35.4 Å². The molecule has 12 heteroatoms. The fourth-order valence-electron chi connectivity index (χ4n) is 4.90. The summed E-state index contributed by atoms with van der Waals surface area (Å²) in [6, 6.07) is 2.39. The van der Waals surface area contributed by atoms with Crippen molar-refractivity contribution in [2.45, 2.75) is 63.8 Å². The number of piperidine rings is 1. The molecular weight excluding hydrogens is 493 g/mol. The highest BCUT2D eigenvalue weighted by molar-refractivity contribution is 6.32. The summed E-state index contributed by atoms with van der Waals surface area (Å²) < 4.78 is 22.3. The van der Waals surface area contributed by atoms with Gasteiger partial charge >= 0.3 is 6.09 Å². The Morgan fingerprint density at radius 1 is 1.28 bits per heavy atom. The van der Waals surface area contributed by atoms with Gasteiger partial charge in [0.15, 0.2) is 0 Å². The summed E-state index contributed by atoms with van der Waals surface area (Å²) in [6.07, 6.45) is 2.94. The van der Waals surface area contributed by atoms with Gasteiger partial charge < -0.3 is 15.0 Å². The van der Waals surface area contributed by atoms with E-state index in [0.29, 0.717) is 11.6 Å². The lowest BCUT2D eigenvalue weighted by molar-refractivity contribution is -0.136. The van der Waals surface area contributed by atoms with E-state index in [1.807, 2.05) is 13.1 Å². The molecule has 1 saturated heterocycles. The van der Waals surface area contributed by atoms with Crippen LogP contribution in [0.3, 0.4) is 0 Å². The average Bonchev–Trinajstić information content (AvgIpc) is 3.33. The number of hydrogen-bond acceptors (Lipinski definition) is 6. The molecule has 1 saturated carbocycles. The molecule has 0 spiro atoms. The third kappa shape index (κ3) is 4.43. The van der Waals surface area contributed by atoms with Crippen LogP contribution >= 0.6 is 11.6 Å². The summed E-state index contributed by atoms with van der Waals surface area (Å²) >= 11 is 6.34. The Balaban J connectivity index is 1.22. The number of imide groups is 1. The maximum atomic E-state index is 15.3. The van der Waals surface area contributed by atoms with Crippen LogP contribution in [0.4, 0.5) is 9.18 Å². The van der Waals surface area contributed by atoms with E-state index in [1.54, 1.807) is 4.68 Å². The molecule has 2 aliphatic heterocycles. The Hall–Kier alpha value is -3.47.